The third-order valence-electron chi connectivity index (χ3n) is 3.71. The molecule has 102 valence electrons. The van der Waals surface area contributed by atoms with Gasteiger partial charge in [0.2, 0.25) is 0 Å². The minimum Gasteiger partial charge on any atom is -0.508 e. The van der Waals surface area contributed by atoms with Crippen LogP contribution in [0.2, 0.25) is 0 Å². The van der Waals surface area contributed by atoms with Crippen molar-refractivity contribution in [2.45, 2.75) is 13.3 Å². The number of aryl methyl sites for hydroxylation is 1. The average molecular weight is 268 g/mol. The number of rotatable bonds is 1. The third-order valence-corrected chi connectivity index (χ3v) is 3.71. The van der Waals surface area contributed by atoms with Crippen molar-refractivity contribution in [1.29, 1.82) is 0 Å². The Hall–Kier alpha value is -2.49. The summed E-state index contributed by atoms with van der Waals surface area (Å²) >= 11 is 0. The number of aromatic hydroxyl groups is 1. The van der Waals surface area contributed by atoms with Crippen LogP contribution in [-0.4, -0.2) is 17.6 Å². The Balaban J connectivity index is 1.97. The number of nitrogens with zero attached hydrogens (tertiary/aromatic N) is 1. The van der Waals surface area contributed by atoms with E-state index in [2.05, 4.69) is 0 Å². The normalized spacial score (nSPS) is 13.3. The van der Waals surface area contributed by atoms with Crippen molar-refractivity contribution < 1.29 is 9.90 Å². The van der Waals surface area contributed by atoms with Gasteiger partial charge in [-0.1, -0.05) is 12.1 Å². The molecule has 1 amide bonds. The number of benzene rings is 2. The lowest BCUT2D eigenvalue weighted by Gasteiger charge is -2.18. The molecule has 0 aromatic heterocycles. The topological polar surface area (TPSA) is 66.6 Å². The standard InChI is InChI=1S/C16H16N2O2/c1-10-2-3-12(8-15(10)19)16(20)18-7-6-11-4-5-13(17)9-14(11)18/h2-5,8-9,19H,6-7,17H2,1H3. The fraction of sp³-hybridized carbons (Fsp3) is 0.188. The lowest BCUT2D eigenvalue weighted by molar-refractivity contribution is 0.0989. The molecule has 1 heterocycles. The molecule has 0 radical (unpaired) electrons. The second kappa shape index (κ2) is 4.56. The Labute approximate surface area is 117 Å². The van der Waals surface area contributed by atoms with Crippen molar-refractivity contribution in [3.8, 4) is 5.75 Å². The Morgan fingerprint density at radius 1 is 1.25 bits per heavy atom. The zero-order valence-corrected chi connectivity index (χ0v) is 11.3. The van der Waals surface area contributed by atoms with Gasteiger partial charge in [-0.25, -0.2) is 0 Å². The van der Waals surface area contributed by atoms with Crippen molar-refractivity contribution in [2.75, 3.05) is 17.2 Å². The lowest BCUT2D eigenvalue weighted by Crippen LogP contribution is -2.28. The maximum Gasteiger partial charge on any atom is 0.258 e. The van der Waals surface area contributed by atoms with E-state index in [4.69, 9.17) is 5.73 Å². The van der Waals surface area contributed by atoms with Gasteiger partial charge in [-0.15, -0.1) is 0 Å². The number of nitrogens with two attached hydrogens (primary N) is 1. The van der Waals surface area contributed by atoms with Gasteiger partial charge in [0.1, 0.15) is 5.75 Å². The monoisotopic (exact) mass is 268 g/mol. The van der Waals surface area contributed by atoms with E-state index in [0.717, 1.165) is 23.2 Å². The molecule has 0 bridgehead atoms. The largest absolute Gasteiger partial charge is 0.508 e. The van der Waals surface area contributed by atoms with E-state index >= 15 is 0 Å². The van der Waals surface area contributed by atoms with Gasteiger partial charge in [0.25, 0.3) is 5.91 Å². The number of hydrogen-bond acceptors (Lipinski definition) is 3. The number of phenolic OH excluding ortho intramolecular Hbond substituents is 1. The molecule has 20 heavy (non-hydrogen) atoms. The maximum absolute atomic E-state index is 12.6. The van der Waals surface area contributed by atoms with E-state index in [-0.39, 0.29) is 11.7 Å². The van der Waals surface area contributed by atoms with Crippen molar-refractivity contribution in [2.24, 2.45) is 0 Å². The predicted octanol–water partition coefficient (Wildman–Crippen LogP) is 2.49. The van der Waals surface area contributed by atoms with Crippen molar-refractivity contribution >= 4 is 17.3 Å². The first-order chi connectivity index (χ1) is 9.56. The molecule has 3 rings (SSSR count). The highest BCUT2D eigenvalue weighted by Crippen LogP contribution is 2.31. The molecule has 3 N–H and O–H groups in total. The summed E-state index contributed by atoms with van der Waals surface area (Å²) in [6, 6.07) is 10.6. The number of amides is 1. The molecule has 0 fully saturated rings. The van der Waals surface area contributed by atoms with Crippen molar-refractivity contribution in [3.05, 3.63) is 53.1 Å². The molecule has 0 saturated heterocycles. The maximum atomic E-state index is 12.6. The Morgan fingerprint density at radius 2 is 2.05 bits per heavy atom. The van der Waals surface area contributed by atoms with Crippen LogP contribution in [0.4, 0.5) is 11.4 Å². The third kappa shape index (κ3) is 1.99. The Morgan fingerprint density at radius 3 is 2.80 bits per heavy atom. The van der Waals surface area contributed by atoms with Crippen LogP contribution in [0.3, 0.4) is 0 Å². The molecule has 0 atom stereocenters. The number of fused-ring (bicyclic) bond motifs is 1. The molecule has 2 aromatic rings. The highest BCUT2D eigenvalue weighted by Gasteiger charge is 2.25. The summed E-state index contributed by atoms with van der Waals surface area (Å²) in [5.41, 5.74) is 9.69. The van der Waals surface area contributed by atoms with Gasteiger partial charge in [0, 0.05) is 23.5 Å². The van der Waals surface area contributed by atoms with Gasteiger partial charge < -0.3 is 15.7 Å². The van der Waals surface area contributed by atoms with Gasteiger partial charge in [-0.05, 0) is 48.7 Å². The fourth-order valence-corrected chi connectivity index (χ4v) is 2.51. The molecule has 0 spiro atoms. The second-order valence-electron chi connectivity index (χ2n) is 5.10. The Bertz CT molecular complexity index is 695. The van der Waals surface area contributed by atoms with Crippen LogP contribution >= 0.6 is 0 Å². The molecular formula is C16H16N2O2. The summed E-state index contributed by atoms with van der Waals surface area (Å²) < 4.78 is 0. The van der Waals surface area contributed by atoms with Crippen molar-refractivity contribution in [3.63, 3.8) is 0 Å². The van der Waals surface area contributed by atoms with Crippen LogP contribution < -0.4 is 10.6 Å². The summed E-state index contributed by atoms with van der Waals surface area (Å²) in [4.78, 5) is 14.3. The highest BCUT2D eigenvalue weighted by molar-refractivity contribution is 6.07. The highest BCUT2D eigenvalue weighted by atomic mass is 16.3. The fourth-order valence-electron chi connectivity index (χ4n) is 2.51. The zero-order valence-electron chi connectivity index (χ0n) is 11.3. The minimum absolute atomic E-state index is 0.107. The van der Waals surface area contributed by atoms with E-state index in [1.165, 1.54) is 6.07 Å². The summed E-state index contributed by atoms with van der Waals surface area (Å²) in [6.07, 6.45) is 0.833. The van der Waals surface area contributed by atoms with Crippen LogP contribution in [0.5, 0.6) is 5.75 Å². The number of phenols is 1. The van der Waals surface area contributed by atoms with E-state index in [1.807, 2.05) is 18.2 Å². The molecule has 1 aliphatic heterocycles. The molecule has 1 aliphatic rings. The molecule has 0 unspecified atom stereocenters. The van der Waals surface area contributed by atoms with E-state index in [9.17, 15) is 9.90 Å². The number of nitrogen functional groups attached to an aromatic ring is 1. The smallest absolute Gasteiger partial charge is 0.258 e. The number of anilines is 2. The van der Waals surface area contributed by atoms with Gasteiger partial charge in [0.15, 0.2) is 0 Å². The lowest BCUT2D eigenvalue weighted by atomic mass is 10.1. The van der Waals surface area contributed by atoms with Crippen LogP contribution in [-0.2, 0) is 6.42 Å². The quantitative estimate of drug-likeness (QED) is 0.781. The second-order valence-corrected chi connectivity index (χ2v) is 5.10. The zero-order chi connectivity index (χ0) is 14.3. The SMILES string of the molecule is Cc1ccc(C(=O)N2CCc3ccc(N)cc32)cc1O. The van der Waals surface area contributed by atoms with Gasteiger partial charge in [0.05, 0.1) is 0 Å². The number of carbonyl (C=O) groups is 1. The first kappa shape index (κ1) is 12.5. The average Bonchev–Trinajstić information content (AvgIpc) is 2.84. The Kier molecular flexibility index (Phi) is 2.86. The van der Waals surface area contributed by atoms with Gasteiger partial charge in [-0.2, -0.15) is 0 Å². The molecule has 2 aromatic carbocycles. The van der Waals surface area contributed by atoms with Gasteiger partial charge >= 0.3 is 0 Å². The van der Waals surface area contributed by atoms with Gasteiger partial charge in [-0.3, -0.25) is 4.79 Å². The molecule has 0 aliphatic carbocycles. The van der Waals surface area contributed by atoms with Crippen LogP contribution in [0.1, 0.15) is 21.5 Å². The summed E-state index contributed by atoms with van der Waals surface area (Å²) in [5, 5.41) is 9.74. The number of hydrogen-bond donors (Lipinski definition) is 2. The first-order valence-corrected chi connectivity index (χ1v) is 6.56. The molecule has 0 saturated carbocycles. The van der Waals surface area contributed by atoms with E-state index in [0.29, 0.717) is 17.8 Å². The molecule has 4 heteroatoms. The minimum atomic E-state index is -0.107. The van der Waals surface area contributed by atoms with Crippen LogP contribution in [0.25, 0.3) is 0 Å². The first-order valence-electron chi connectivity index (χ1n) is 6.56. The summed E-state index contributed by atoms with van der Waals surface area (Å²) in [7, 11) is 0. The van der Waals surface area contributed by atoms with E-state index in [1.54, 1.807) is 24.0 Å². The molecule has 4 nitrogen and oxygen atoms in total. The summed E-state index contributed by atoms with van der Waals surface area (Å²) in [5.74, 6) is 0.0347. The van der Waals surface area contributed by atoms with Crippen LogP contribution in [0.15, 0.2) is 36.4 Å². The van der Waals surface area contributed by atoms with E-state index < -0.39 is 0 Å². The molecular weight excluding hydrogens is 252 g/mol. The summed E-state index contributed by atoms with van der Waals surface area (Å²) in [6.45, 7) is 2.45. The van der Waals surface area contributed by atoms with Crippen LogP contribution in [0, 0.1) is 6.92 Å². The predicted molar refractivity (Wildman–Crippen MR) is 79.1 cm³/mol. The number of carbonyl (C=O) groups excluding carboxylic acids is 1. The van der Waals surface area contributed by atoms with Crippen molar-refractivity contribution in [1.82, 2.24) is 0 Å².